The molecule has 3 aromatic rings. The summed E-state index contributed by atoms with van der Waals surface area (Å²) in [5.41, 5.74) is 8.47. The van der Waals surface area contributed by atoms with Gasteiger partial charge in [-0.25, -0.2) is 4.98 Å². The maximum atomic E-state index is 12.2. The van der Waals surface area contributed by atoms with Crippen molar-refractivity contribution in [1.29, 1.82) is 0 Å². The molecule has 0 aliphatic heterocycles. The van der Waals surface area contributed by atoms with E-state index in [1.165, 1.54) is 11.3 Å². The van der Waals surface area contributed by atoms with Crippen molar-refractivity contribution >= 4 is 34.0 Å². The Morgan fingerprint density at radius 2 is 2.04 bits per heavy atom. The van der Waals surface area contributed by atoms with Gasteiger partial charge in [-0.1, -0.05) is 12.1 Å². The van der Waals surface area contributed by atoms with E-state index in [-0.39, 0.29) is 23.9 Å². The molecule has 0 radical (unpaired) electrons. The molecule has 146 valence electrons. The second kappa shape index (κ2) is 7.85. The molecule has 0 bridgehead atoms. The number of carbonyl (C=O) groups is 2. The lowest BCUT2D eigenvalue weighted by Crippen LogP contribution is -2.32. The zero-order valence-electron chi connectivity index (χ0n) is 16.0. The first kappa shape index (κ1) is 19.6. The highest BCUT2D eigenvalue weighted by Crippen LogP contribution is 2.26. The molecule has 2 heterocycles. The predicted molar refractivity (Wildman–Crippen MR) is 112 cm³/mol. The van der Waals surface area contributed by atoms with Crippen LogP contribution in [0.25, 0.3) is 11.3 Å². The highest BCUT2D eigenvalue weighted by Gasteiger charge is 2.16. The Hall–Kier alpha value is -3.13. The van der Waals surface area contributed by atoms with Gasteiger partial charge in [0.1, 0.15) is 0 Å². The monoisotopic (exact) mass is 397 g/mol. The van der Waals surface area contributed by atoms with E-state index in [4.69, 9.17) is 5.73 Å². The number of benzene rings is 1. The molecular formula is C20H23N5O2S. The first-order chi connectivity index (χ1) is 13.2. The first-order valence-corrected chi connectivity index (χ1v) is 9.68. The topological polar surface area (TPSA) is 102 Å². The Kier molecular flexibility index (Phi) is 5.51. The highest BCUT2D eigenvalue weighted by atomic mass is 32.1. The van der Waals surface area contributed by atoms with Crippen LogP contribution in [0.3, 0.4) is 0 Å². The molecule has 0 unspecified atom stereocenters. The maximum absolute atomic E-state index is 12.2. The number of amides is 2. The van der Waals surface area contributed by atoms with E-state index in [1.807, 2.05) is 55.1 Å². The normalized spacial score (nSPS) is 11.2. The first-order valence-electron chi connectivity index (χ1n) is 8.80. The lowest BCUT2D eigenvalue weighted by Gasteiger charge is -2.20. The van der Waals surface area contributed by atoms with E-state index in [0.29, 0.717) is 16.4 Å². The molecule has 8 heteroatoms. The Morgan fingerprint density at radius 1 is 1.25 bits per heavy atom. The highest BCUT2D eigenvalue weighted by molar-refractivity contribution is 7.14. The third-order valence-corrected chi connectivity index (χ3v) is 4.83. The van der Waals surface area contributed by atoms with Gasteiger partial charge >= 0.3 is 0 Å². The van der Waals surface area contributed by atoms with Crippen LogP contribution < -0.4 is 16.4 Å². The fourth-order valence-electron chi connectivity index (χ4n) is 2.54. The van der Waals surface area contributed by atoms with Crippen LogP contribution in [0.5, 0.6) is 0 Å². The van der Waals surface area contributed by atoms with Crippen molar-refractivity contribution in [3.8, 4) is 11.3 Å². The van der Waals surface area contributed by atoms with E-state index in [0.717, 1.165) is 11.3 Å². The van der Waals surface area contributed by atoms with Gasteiger partial charge in [0.2, 0.25) is 5.91 Å². The smallest absolute Gasteiger partial charge is 0.253 e. The summed E-state index contributed by atoms with van der Waals surface area (Å²) < 4.78 is 1.95. The van der Waals surface area contributed by atoms with Crippen molar-refractivity contribution in [2.45, 2.75) is 26.3 Å². The minimum Gasteiger partial charge on any atom is -0.399 e. The fourth-order valence-corrected chi connectivity index (χ4v) is 3.27. The summed E-state index contributed by atoms with van der Waals surface area (Å²) in [7, 11) is 0. The maximum Gasteiger partial charge on any atom is 0.253 e. The Morgan fingerprint density at radius 3 is 2.71 bits per heavy atom. The van der Waals surface area contributed by atoms with Crippen molar-refractivity contribution in [2.75, 3.05) is 17.6 Å². The van der Waals surface area contributed by atoms with Crippen LogP contribution in [0.2, 0.25) is 0 Å². The minimum absolute atomic E-state index is 0.109. The molecule has 0 saturated carbocycles. The molecule has 0 saturated heterocycles. The number of rotatable bonds is 5. The Bertz CT molecular complexity index is 1000. The number of nitrogen functional groups attached to an aromatic ring is 1. The van der Waals surface area contributed by atoms with Gasteiger partial charge in [0.15, 0.2) is 5.13 Å². The van der Waals surface area contributed by atoms with Crippen molar-refractivity contribution in [1.82, 2.24) is 14.9 Å². The standard InChI is InChI=1S/C20H23N5O2S/c1-20(2,3)25-8-7-14(11-25)18(27)22-10-17(26)24-19-23-16(12-28-19)13-5-4-6-15(21)9-13/h4-9,11-12H,10,21H2,1-3H3,(H,22,27)(H,23,24,26). The molecule has 7 nitrogen and oxygen atoms in total. The van der Waals surface area contributed by atoms with Crippen LogP contribution in [0.1, 0.15) is 31.1 Å². The molecule has 0 aliphatic carbocycles. The second-order valence-corrected chi connectivity index (χ2v) is 8.23. The number of hydrogen-bond acceptors (Lipinski definition) is 5. The van der Waals surface area contributed by atoms with Gasteiger partial charge in [-0.05, 0) is 39.0 Å². The molecule has 1 aromatic carbocycles. The molecule has 0 fully saturated rings. The molecule has 0 aliphatic rings. The van der Waals surface area contributed by atoms with Crippen LogP contribution in [0.15, 0.2) is 48.1 Å². The van der Waals surface area contributed by atoms with Crippen LogP contribution in [0.4, 0.5) is 10.8 Å². The van der Waals surface area contributed by atoms with Gasteiger partial charge in [0.25, 0.3) is 5.91 Å². The Balaban J connectivity index is 1.55. The third-order valence-electron chi connectivity index (χ3n) is 4.07. The van der Waals surface area contributed by atoms with Crippen molar-refractivity contribution in [3.05, 3.63) is 53.7 Å². The molecule has 0 spiro atoms. The number of hydrogen-bond donors (Lipinski definition) is 3. The van der Waals surface area contributed by atoms with E-state index >= 15 is 0 Å². The molecule has 28 heavy (non-hydrogen) atoms. The lowest BCUT2D eigenvalue weighted by molar-refractivity contribution is -0.115. The zero-order chi connectivity index (χ0) is 20.3. The summed E-state index contributed by atoms with van der Waals surface area (Å²) in [6.45, 7) is 6.02. The number of nitrogens with one attached hydrogen (secondary N) is 2. The predicted octanol–water partition coefficient (Wildman–Crippen LogP) is 3.32. The Labute approximate surface area is 167 Å². The summed E-state index contributed by atoms with van der Waals surface area (Å²) >= 11 is 1.32. The summed E-state index contributed by atoms with van der Waals surface area (Å²) in [5.74, 6) is -0.630. The second-order valence-electron chi connectivity index (χ2n) is 7.37. The fraction of sp³-hybridized carbons (Fsp3) is 0.250. The van der Waals surface area contributed by atoms with Crippen molar-refractivity contribution in [3.63, 3.8) is 0 Å². The minimum atomic E-state index is -0.336. The van der Waals surface area contributed by atoms with Crippen molar-refractivity contribution in [2.24, 2.45) is 0 Å². The number of nitrogens with two attached hydrogens (primary N) is 1. The molecule has 2 amide bonds. The quantitative estimate of drug-likeness (QED) is 0.575. The van der Waals surface area contributed by atoms with Crippen molar-refractivity contribution < 1.29 is 9.59 Å². The summed E-state index contributed by atoms with van der Waals surface area (Å²) in [4.78, 5) is 28.8. The summed E-state index contributed by atoms with van der Waals surface area (Å²) in [5, 5.41) is 7.64. The SMILES string of the molecule is CC(C)(C)n1ccc(C(=O)NCC(=O)Nc2nc(-c3cccc(N)c3)cs2)c1. The number of thiazole rings is 1. The van der Waals surface area contributed by atoms with Gasteiger partial charge in [0, 0.05) is 34.6 Å². The number of nitrogens with zero attached hydrogens (tertiary/aromatic N) is 2. The van der Waals surface area contributed by atoms with E-state index in [1.54, 1.807) is 18.3 Å². The summed E-state index contributed by atoms with van der Waals surface area (Å²) in [6, 6.07) is 9.12. The number of anilines is 2. The largest absolute Gasteiger partial charge is 0.399 e. The van der Waals surface area contributed by atoms with Gasteiger partial charge < -0.3 is 20.9 Å². The van der Waals surface area contributed by atoms with Gasteiger partial charge in [-0.2, -0.15) is 0 Å². The average Bonchev–Trinajstić information content (AvgIpc) is 3.29. The number of carbonyl (C=O) groups excluding carboxylic acids is 2. The lowest BCUT2D eigenvalue weighted by atomic mass is 10.1. The van der Waals surface area contributed by atoms with Gasteiger partial charge in [-0.15, -0.1) is 11.3 Å². The van der Waals surface area contributed by atoms with Crippen LogP contribution in [0, 0.1) is 0 Å². The number of aromatic nitrogens is 2. The van der Waals surface area contributed by atoms with Crippen LogP contribution in [-0.4, -0.2) is 27.9 Å². The molecule has 2 aromatic heterocycles. The molecule has 3 rings (SSSR count). The molecule has 0 atom stereocenters. The van der Waals surface area contributed by atoms with E-state index in [9.17, 15) is 9.59 Å². The third kappa shape index (κ3) is 4.77. The zero-order valence-corrected chi connectivity index (χ0v) is 16.8. The molecule has 4 N–H and O–H groups in total. The average molecular weight is 398 g/mol. The van der Waals surface area contributed by atoms with Crippen LogP contribution in [-0.2, 0) is 10.3 Å². The molecular weight excluding hydrogens is 374 g/mol. The van der Waals surface area contributed by atoms with Crippen LogP contribution >= 0.6 is 11.3 Å². The van der Waals surface area contributed by atoms with E-state index in [2.05, 4.69) is 15.6 Å². The van der Waals surface area contributed by atoms with Gasteiger partial charge in [0.05, 0.1) is 17.8 Å². The summed E-state index contributed by atoms with van der Waals surface area (Å²) in [6.07, 6.45) is 3.62. The van der Waals surface area contributed by atoms with E-state index < -0.39 is 0 Å². The van der Waals surface area contributed by atoms with Gasteiger partial charge in [-0.3, -0.25) is 9.59 Å².